The van der Waals surface area contributed by atoms with Crippen molar-refractivity contribution in [3.63, 3.8) is 0 Å². The van der Waals surface area contributed by atoms with Gasteiger partial charge in [-0.1, -0.05) is 206 Å². The van der Waals surface area contributed by atoms with E-state index < -0.39 is 5.41 Å². The molecule has 0 atom stereocenters. The SMILES string of the molecule is c1ccc(-c2ccccc2N(c2ccc(-c3ccc4oc5c(-c6ccccc6)cccc5c4c3)cc2)c2ccc3c(c2)C(c2ccccc2)(c2ccccc2)c2ccccc2-3)cc1. The highest BCUT2D eigenvalue weighted by molar-refractivity contribution is 6.10. The first-order valence-electron chi connectivity index (χ1n) is 21.7. The van der Waals surface area contributed by atoms with Gasteiger partial charge in [-0.25, -0.2) is 0 Å². The van der Waals surface area contributed by atoms with Crippen LogP contribution in [0.3, 0.4) is 0 Å². The number of hydrogen-bond acceptors (Lipinski definition) is 2. The molecular weight excluding hydrogens is 763 g/mol. The number of hydrogen-bond donors (Lipinski definition) is 0. The van der Waals surface area contributed by atoms with Gasteiger partial charge in [0.25, 0.3) is 0 Å². The largest absolute Gasteiger partial charge is 0.455 e. The minimum absolute atomic E-state index is 0.517. The molecular formula is C61H41NO. The summed E-state index contributed by atoms with van der Waals surface area (Å²) in [5.41, 5.74) is 19.0. The van der Waals surface area contributed by atoms with Crippen LogP contribution in [0.15, 0.2) is 253 Å². The van der Waals surface area contributed by atoms with E-state index in [1.54, 1.807) is 0 Å². The maximum atomic E-state index is 6.54. The van der Waals surface area contributed by atoms with Gasteiger partial charge in [-0.2, -0.15) is 0 Å². The number of furan rings is 1. The van der Waals surface area contributed by atoms with Crippen LogP contribution in [-0.2, 0) is 5.41 Å². The lowest BCUT2D eigenvalue weighted by molar-refractivity contribution is 0.670. The summed E-state index contributed by atoms with van der Waals surface area (Å²) < 4.78 is 6.54. The van der Waals surface area contributed by atoms with Crippen molar-refractivity contribution >= 4 is 39.0 Å². The molecule has 12 rings (SSSR count). The summed E-state index contributed by atoms with van der Waals surface area (Å²) in [5.74, 6) is 0. The van der Waals surface area contributed by atoms with Crippen LogP contribution in [-0.4, -0.2) is 0 Å². The second-order valence-electron chi connectivity index (χ2n) is 16.4. The number of anilines is 3. The van der Waals surface area contributed by atoms with Crippen molar-refractivity contribution in [2.75, 3.05) is 4.90 Å². The van der Waals surface area contributed by atoms with E-state index in [0.717, 1.165) is 66.8 Å². The smallest absolute Gasteiger partial charge is 0.143 e. The Kier molecular flexibility index (Phi) is 8.76. The zero-order chi connectivity index (χ0) is 41.7. The van der Waals surface area contributed by atoms with Crippen molar-refractivity contribution in [1.29, 1.82) is 0 Å². The Hall–Kier alpha value is -8.20. The van der Waals surface area contributed by atoms with Crippen LogP contribution in [0.4, 0.5) is 17.1 Å². The molecule has 0 amide bonds. The Morgan fingerprint density at radius 2 is 0.857 bits per heavy atom. The van der Waals surface area contributed by atoms with E-state index in [1.165, 1.54) is 38.9 Å². The summed E-state index contributed by atoms with van der Waals surface area (Å²) >= 11 is 0. The minimum atomic E-state index is -0.517. The molecule has 1 heterocycles. The van der Waals surface area contributed by atoms with Gasteiger partial charge in [-0.15, -0.1) is 0 Å². The molecule has 0 spiro atoms. The number of fused-ring (bicyclic) bond motifs is 6. The number of nitrogens with zero attached hydrogens (tertiary/aromatic N) is 1. The molecule has 0 unspecified atom stereocenters. The molecule has 0 saturated carbocycles. The second kappa shape index (κ2) is 15.1. The molecule has 0 bridgehead atoms. The van der Waals surface area contributed by atoms with E-state index in [4.69, 9.17) is 4.42 Å². The van der Waals surface area contributed by atoms with Crippen LogP contribution in [0.25, 0.3) is 66.4 Å². The van der Waals surface area contributed by atoms with Crippen molar-refractivity contribution in [3.05, 3.63) is 271 Å². The van der Waals surface area contributed by atoms with E-state index in [2.05, 4.69) is 248 Å². The first-order valence-corrected chi connectivity index (χ1v) is 21.7. The Labute approximate surface area is 367 Å². The van der Waals surface area contributed by atoms with Crippen molar-refractivity contribution in [2.45, 2.75) is 5.41 Å². The topological polar surface area (TPSA) is 16.4 Å². The summed E-state index contributed by atoms with van der Waals surface area (Å²) in [6, 6.07) is 90.2. The molecule has 2 nitrogen and oxygen atoms in total. The Bertz CT molecular complexity index is 3390. The van der Waals surface area contributed by atoms with E-state index in [9.17, 15) is 0 Å². The Morgan fingerprint density at radius 1 is 0.317 bits per heavy atom. The first kappa shape index (κ1) is 36.6. The van der Waals surface area contributed by atoms with Gasteiger partial charge in [0.1, 0.15) is 11.2 Å². The Balaban J connectivity index is 1.03. The van der Waals surface area contributed by atoms with Crippen molar-refractivity contribution in [3.8, 4) is 44.5 Å². The fourth-order valence-corrected chi connectivity index (χ4v) is 10.2. The lowest BCUT2D eigenvalue weighted by atomic mass is 9.67. The summed E-state index contributed by atoms with van der Waals surface area (Å²) in [6.07, 6.45) is 0. The van der Waals surface area contributed by atoms with Crippen LogP contribution in [0, 0.1) is 0 Å². The Morgan fingerprint density at radius 3 is 1.56 bits per heavy atom. The van der Waals surface area contributed by atoms with Gasteiger partial charge in [0, 0.05) is 33.3 Å². The molecule has 1 aliphatic carbocycles. The molecule has 2 heteroatoms. The van der Waals surface area contributed by atoms with Gasteiger partial charge in [-0.3, -0.25) is 0 Å². The second-order valence-corrected chi connectivity index (χ2v) is 16.4. The third-order valence-electron chi connectivity index (χ3n) is 13.0. The average Bonchev–Trinajstić information content (AvgIpc) is 3.89. The van der Waals surface area contributed by atoms with E-state index in [-0.39, 0.29) is 0 Å². The highest BCUT2D eigenvalue weighted by Crippen LogP contribution is 2.57. The third kappa shape index (κ3) is 5.95. The highest BCUT2D eigenvalue weighted by atomic mass is 16.3. The van der Waals surface area contributed by atoms with E-state index >= 15 is 0 Å². The highest BCUT2D eigenvalue weighted by Gasteiger charge is 2.46. The summed E-state index contributed by atoms with van der Waals surface area (Å²) in [4.78, 5) is 2.44. The summed E-state index contributed by atoms with van der Waals surface area (Å²) in [7, 11) is 0. The zero-order valence-corrected chi connectivity index (χ0v) is 34.5. The third-order valence-corrected chi connectivity index (χ3v) is 13.0. The lowest BCUT2D eigenvalue weighted by Gasteiger charge is -2.35. The normalized spacial score (nSPS) is 12.6. The van der Waals surface area contributed by atoms with Crippen molar-refractivity contribution < 1.29 is 4.42 Å². The van der Waals surface area contributed by atoms with Crippen LogP contribution < -0.4 is 4.90 Å². The lowest BCUT2D eigenvalue weighted by Crippen LogP contribution is -2.28. The van der Waals surface area contributed by atoms with E-state index in [1.807, 2.05) is 6.07 Å². The fraction of sp³-hybridized carbons (Fsp3) is 0.0164. The quantitative estimate of drug-likeness (QED) is 0.152. The molecule has 0 fully saturated rings. The molecule has 1 aliphatic rings. The van der Waals surface area contributed by atoms with E-state index in [0.29, 0.717) is 0 Å². The van der Waals surface area contributed by atoms with Crippen LogP contribution in [0.5, 0.6) is 0 Å². The van der Waals surface area contributed by atoms with Gasteiger partial charge in [0.15, 0.2) is 0 Å². The minimum Gasteiger partial charge on any atom is -0.455 e. The zero-order valence-electron chi connectivity index (χ0n) is 34.5. The predicted molar refractivity (Wildman–Crippen MR) is 262 cm³/mol. The van der Waals surface area contributed by atoms with Gasteiger partial charge in [-0.05, 0) is 98.1 Å². The molecule has 11 aromatic rings. The molecule has 10 aromatic carbocycles. The monoisotopic (exact) mass is 803 g/mol. The van der Waals surface area contributed by atoms with Crippen molar-refractivity contribution in [1.82, 2.24) is 0 Å². The molecule has 63 heavy (non-hydrogen) atoms. The van der Waals surface area contributed by atoms with Gasteiger partial charge >= 0.3 is 0 Å². The maximum Gasteiger partial charge on any atom is 0.143 e. The van der Waals surface area contributed by atoms with Crippen LogP contribution in [0.2, 0.25) is 0 Å². The van der Waals surface area contributed by atoms with Crippen molar-refractivity contribution in [2.24, 2.45) is 0 Å². The van der Waals surface area contributed by atoms with Crippen LogP contribution in [0.1, 0.15) is 22.3 Å². The average molecular weight is 804 g/mol. The first-order chi connectivity index (χ1) is 31.3. The van der Waals surface area contributed by atoms with Crippen LogP contribution >= 0.6 is 0 Å². The predicted octanol–water partition coefficient (Wildman–Crippen LogP) is 16.4. The fourth-order valence-electron chi connectivity index (χ4n) is 10.2. The maximum absolute atomic E-state index is 6.54. The molecule has 0 aliphatic heterocycles. The summed E-state index contributed by atoms with van der Waals surface area (Å²) in [5, 5.41) is 2.23. The molecule has 0 saturated heterocycles. The standard InChI is InChI=1S/C61H41NO/c1-5-18-43(19-6-1)50-26-14-16-31-58(50)62(48-35-32-42(33-36-48)45-34-39-59-55(40-45)54-29-17-28-51(60(54)63-59)44-20-7-2-8-21-44)49-37-38-53-52-27-13-15-30-56(52)61(57(53)41-49,46-22-9-3-10-23-46)47-24-11-4-12-25-47/h1-41H. The number of benzene rings is 10. The number of para-hydroxylation sites is 2. The molecule has 1 aromatic heterocycles. The van der Waals surface area contributed by atoms with Gasteiger partial charge in [0.05, 0.1) is 11.1 Å². The van der Waals surface area contributed by atoms with Gasteiger partial charge < -0.3 is 9.32 Å². The number of rotatable bonds is 8. The molecule has 296 valence electrons. The molecule has 0 N–H and O–H groups in total. The molecule has 0 radical (unpaired) electrons. The summed E-state index contributed by atoms with van der Waals surface area (Å²) in [6.45, 7) is 0. The van der Waals surface area contributed by atoms with Gasteiger partial charge in [0.2, 0.25) is 0 Å².